The second-order valence-corrected chi connectivity index (χ2v) is 5.74. The van der Waals surface area contributed by atoms with Gasteiger partial charge in [0.05, 0.1) is 0 Å². The molecule has 2 rings (SSSR count). The van der Waals surface area contributed by atoms with E-state index in [0.717, 1.165) is 24.8 Å². The maximum absolute atomic E-state index is 12.4. The quantitative estimate of drug-likeness (QED) is 0.698. The van der Waals surface area contributed by atoms with Crippen LogP contribution in [0.3, 0.4) is 0 Å². The van der Waals surface area contributed by atoms with E-state index >= 15 is 0 Å². The molecule has 1 aliphatic rings. The zero-order chi connectivity index (χ0) is 11.8. The van der Waals surface area contributed by atoms with Crippen LogP contribution in [0.25, 0.3) is 0 Å². The van der Waals surface area contributed by atoms with Crippen molar-refractivity contribution in [1.29, 1.82) is 0 Å². The highest BCUT2D eigenvalue weighted by atomic mass is 35.5. The molecule has 0 aromatic heterocycles. The minimum absolute atomic E-state index is 0.138. The summed E-state index contributed by atoms with van der Waals surface area (Å²) in [5, 5.41) is 0.640. The first-order chi connectivity index (χ1) is 7.50. The van der Waals surface area contributed by atoms with Gasteiger partial charge in [0.25, 0.3) is 0 Å². The van der Waals surface area contributed by atoms with Gasteiger partial charge >= 0.3 is 0 Å². The second-order valence-electron chi connectivity index (χ2n) is 5.31. The molecule has 86 valence electrons. The highest BCUT2D eigenvalue weighted by Gasteiger charge is 2.39. The van der Waals surface area contributed by atoms with Crippen LogP contribution in [0.2, 0.25) is 5.02 Å². The summed E-state index contributed by atoms with van der Waals surface area (Å²) in [5.74, 6) is 0.413. The van der Waals surface area contributed by atoms with Gasteiger partial charge in [-0.25, -0.2) is 0 Å². The lowest BCUT2D eigenvalue weighted by atomic mass is 9.78. The van der Waals surface area contributed by atoms with Crippen molar-refractivity contribution in [2.75, 3.05) is 0 Å². The van der Waals surface area contributed by atoms with Gasteiger partial charge in [-0.3, -0.25) is 4.79 Å². The summed E-state index contributed by atoms with van der Waals surface area (Å²) in [6.07, 6.45) is 3.31. The third-order valence-corrected chi connectivity index (χ3v) is 3.92. The first-order valence-electron chi connectivity index (χ1n) is 5.80. The monoisotopic (exact) mass is 236 g/mol. The number of benzene rings is 1. The van der Waals surface area contributed by atoms with Crippen LogP contribution < -0.4 is 0 Å². The normalized spacial score (nSPS) is 23.3. The Kier molecular flexibility index (Phi) is 3.07. The summed E-state index contributed by atoms with van der Waals surface area (Å²) >= 11 is 5.91. The number of ketones is 1. The van der Waals surface area contributed by atoms with Gasteiger partial charge in [-0.15, -0.1) is 0 Å². The Morgan fingerprint density at radius 1 is 1.44 bits per heavy atom. The van der Waals surface area contributed by atoms with Gasteiger partial charge in [0, 0.05) is 16.5 Å². The van der Waals surface area contributed by atoms with E-state index in [1.807, 2.05) is 12.1 Å². The van der Waals surface area contributed by atoms with Crippen LogP contribution in [0.5, 0.6) is 0 Å². The summed E-state index contributed by atoms with van der Waals surface area (Å²) < 4.78 is 0. The molecule has 0 aliphatic heterocycles. The second kappa shape index (κ2) is 4.21. The molecule has 1 fully saturated rings. The Balaban J connectivity index is 2.26. The lowest BCUT2D eigenvalue weighted by Gasteiger charge is -2.25. The third-order valence-electron chi connectivity index (χ3n) is 3.68. The minimum Gasteiger partial charge on any atom is -0.294 e. The van der Waals surface area contributed by atoms with Crippen molar-refractivity contribution in [2.45, 2.75) is 33.1 Å². The largest absolute Gasteiger partial charge is 0.294 e. The highest BCUT2D eigenvalue weighted by Crippen LogP contribution is 2.44. The van der Waals surface area contributed by atoms with E-state index in [1.165, 1.54) is 0 Å². The summed E-state index contributed by atoms with van der Waals surface area (Å²) in [7, 11) is 0. The molecule has 0 saturated heterocycles. The molecule has 16 heavy (non-hydrogen) atoms. The van der Waals surface area contributed by atoms with Crippen molar-refractivity contribution in [3.63, 3.8) is 0 Å². The summed E-state index contributed by atoms with van der Waals surface area (Å²) in [6, 6.07) is 7.29. The Morgan fingerprint density at radius 3 is 2.75 bits per heavy atom. The topological polar surface area (TPSA) is 17.1 Å². The maximum Gasteiger partial charge on any atom is 0.166 e. The number of hydrogen-bond donors (Lipinski definition) is 0. The fourth-order valence-electron chi connectivity index (χ4n) is 2.66. The highest BCUT2D eigenvalue weighted by molar-refractivity contribution is 6.31. The van der Waals surface area contributed by atoms with Crippen molar-refractivity contribution in [2.24, 2.45) is 11.3 Å². The van der Waals surface area contributed by atoms with Crippen LogP contribution in [0.4, 0.5) is 0 Å². The fourth-order valence-corrected chi connectivity index (χ4v) is 2.85. The molecule has 1 aliphatic carbocycles. The molecular formula is C14H17ClO. The fraction of sp³-hybridized carbons (Fsp3) is 0.500. The molecule has 0 spiro atoms. The van der Waals surface area contributed by atoms with Gasteiger partial charge in [0.15, 0.2) is 5.78 Å². The molecule has 1 atom stereocenters. The molecule has 1 nitrogen and oxygen atoms in total. The van der Waals surface area contributed by atoms with E-state index < -0.39 is 0 Å². The van der Waals surface area contributed by atoms with Gasteiger partial charge in [0.1, 0.15) is 0 Å². The summed E-state index contributed by atoms with van der Waals surface area (Å²) in [5.41, 5.74) is 0.895. The number of carbonyl (C=O) groups is 1. The van der Waals surface area contributed by atoms with E-state index in [9.17, 15) is 4.79 Å². The van der Waals surface area contributed by atoms with Crippen molar-refractivity contribution in [3.8, 4) is 0 Å². The molecule has 0 radical (unpaired) electrons. The van der Waals surface area contributed by atoms with Crippen molar-refractivity contribution < 1.29 is 4.79 Å². The van der Waals surface area contributed by atoms with Gasteiger partial charge < -0.3 is 0 Å². The van der Waals surface area contributed by atoms with Gasteiger partial charge in [-0.2, -0.15) is 0 Å². The maximum atomic E-state index is 12.4. The molecule has 0 bridgehead atoms. The number of hydrogen-bond acceptors (Lipinski definition) is 1. The van der Waals surface area contributed by atoms with Crippen LogP contribution in [-0.2, 0) is 0 Å². The van der Waals surface area contributed by atoms with Crippen molar-refractivity contribution in [1.82, 2.24) is 0 Å². The third kappa shape index (κ3) is 2.15. The van der Waals surface area contributed by atoms with Gasteiger partial charge in [-0.05, 0) is 30.4 Å². The standard InChI is InChI=1S/C14H17ClO/c1-14(2)8-4-7-12(14)13(16)10-5-3-6-11(15)9-10/h3,5-6,9,12H,4,7-8H2,1-2H3. The predicted octanol–water partition coefficient (Wildman–Crippen LogP) is 4.35. The van der Waals surface area contributed by atoms with E-state index in [4.69, 9.17) is 11.6 Å². The molecule has 1 saturated carbocycles. The van der Waals surface area contributed by atoms with Crippen LogP contribution in [-0.4, -0.2) is 5.78 Å². The Labute approximate surface area is 102 Å². The molecule has 2 heteroatoms. The van der Waals surface area contributed by atoms with Crippen LogP contribution in [0, 0.1) is 11.3 Å². The Bertz CT molecular complexity index is 409. The molecule has 1 aromatic rings. The lowest BCUT2D eigenvalue weighted by molar-refractivity contribution is 0.0839. The first kappa shape index (κ1) is 11.7. The lowest BCUT2D eigenvalue weighted by Crippen LogP contribution is -2.25. The molecular weight excluding hydrogens is 220 g/mol. The van der Waals surface area contributed by atoms with Crippen LogP contribution in [0.1, 0.15) is 43.5 Å². The van der Waals surface area contributed by atoms with Crippen LogP contribution in [0.15, 0.2) is 24.3 Å². The zero-order valence-corrected chi connectivity index (χ0v) is 10.6. The Hall–Kier alpha value is -0.820. The molecule has 0 heterocycles. The SMILES string of the molecule is CC1(C)CCCC1C(=O)c1cccc(Cl)c1. The number of rotatable bonds is 2. The van der Waals surface area contributed by atoms with Gasteiger partial charge in [-0.1, -0.05) is 44.0 Å². The summed E-state index contributed by atoms with van der Waals surface area (Å²) in [4.78, 5) is 12.4. The molecule has 0 N–H and O–H groups in total. The number of Topliss-reactive ketones (excluding diaryl/α,β-unsaturated/α-hetero) is 1. The minimum atomic E-state index is 0.138. The molecule has 0 amide bonds. The van der Waals surface area contributed by atoms with Crippen molar-refractivity contribution >= 4 is 17.4 Å². The number of halogens is 1. The molecule has 1 aromatic carbocycles. The summed E-state index contributed by atoms with van der Waals surface area (Å²) in [6.45, 7) is 4.38. The van der Waals surface area contributed by atoms with Crippen LogP contribution >= 0.6 is 11.6 Å². The Morgan fingerprint density at radius 2 is 2.19 bits per heavy atom. The number of carbonyl (C=O) groups excluding carboxylic acids is 1. The van der Waals surface area contributed by atoms with E-state index in [-0.39, 0.29) is 17.1 Å². The van der Waals surface area contributed by atoms with Gasteiger partial charge in [0.2, 0.25) is 0 Å². The van der Waals surface area contributed by atoms with Crippen molar-refractivity contribution in [3.05, 3.63) is 34.9 Å². The zero-order valence-electron chi connectivity index (χ0n) is 9.79. The predicted molar refractivity (Wildman–Crippen MR) is 66.9 cm³/mol. The van der Waals surface area contributed by atoms with E-state index in [2.05, 4.69) is 13.8 Å². The first-order valence-corrected chi connectivity index (χ1v) is 6.18. The smallest absolute Gasteiger partial charge is 0.166 e. The average molecular weight is 237 g/mol. The average Bonchev–Trinajstić information content (AvgIpc) is 2.57. The van der Waals surface area contributed by atoms with E-state index in [1.54, 1.807) is 12.1 Å². The molecule has 1 unspecified atom stereocenters. The van der Waals surface area contributed by atoms with E-state index in [0.29, 0.717) is 5.02 Å².